The Morgan fingerprint density at radius 3 is 2.58 bits per heavy atom. The maximum Gasteiger partial charge on any atom is 0.200 e. The maximum atomic E-state index is 13.4. The van der Waals surface area contributed by atoms with Crippen molar-refractivity contribution >= 4 is 0 Å². The molecule has 0 radical (unpaired) electrons. The molecule has 1 N–H and O–H groups in total. The number of rotatable bonds is 6. The summed E-state index contributed by atoms with van der Waals surface area (Å²) in [5.41, 5.74) is 0.0960. The third-order valence-electron chi connectivity index (χ3n) is 2.69. The van der Waals surface area contributed by atoms with Gasteiger partial charge in [0, 0.05) is 5.54 Å². The number of hydrogen-bond donors (Lipinski definition) is 1. The van der Waals surface area contributed by atoms with Crippen LogP contribution in [0.15, 0.2) is 18.2 Å². The van der Waals surface area contributed by atoms with E-state index in [-0.39, 0.29) is 17.4 Å². The highest BCUT2D eigenvalue weighted by atomic mass is 19.2. The Labute approximate surface area is 114 Å². The van der Waals surface area contributed by atoms with Crippen LogP contribution in [0.2, 0.25) is 0 Å². The zero-order valence-corrected chi connectivity index (χ0v) is 12.1. The highest BCUT2D eigenvalue weighted by Gasteiger charge is 2.12. The van der Waals surface area contributed by atoms with Crippen molar-refractivity contribution in [2.24, 2.45) is 0 Å². The minimum Gasteiger partial charge on any atom is -0.488 e. The molecule has 0 fully saturated rings. The lowest BCUT2D eigenvalue weighted by atomic mass is 10.1. The van der Waals surface area contributed by atoms with E-state index in [0.29, 0.717) is 0 Å². The van der Waals surface area contributed by atoms with Crippen LogP contribution in [0.5, 0.6) is 5.75 Å². The van der Waals surface area contributed by atoms with Gasteiger partial charge in [0.05, 0.1) is 6.10 Å². The van der Waals surface area contributed by atoms with E-state index in [0.717, 1.165) is 25.5 Å². The standard InChI is InChI=1S/C15H23F2NO/c1-11(7-6-10-18-15(2,3)4)19-13-9-5-8-12(16)14(13)17/h5,8-9,11,18H,6-7,10H2,1-4H3. The minimum atomic E-state index is -0.915. The van der Waals surface area contributed by atoms with E-state index in [9.17, 15) is 8.78 Å². The summed E-state index contributed by atoms with van der Waals surface area (Å²) in [6.07, 6.45) is 1.58. The fraction of sp³-hybridized carbons (Fsp3) is 0.600. The van der Waals surface area contributed by atoms with Gasteiger partial charge in [-0.1, -0.05) is 6.07 Å². The molecule has 19 heavy (non-hydrogen) atoms. The average Bonchev–Trinajstić information content (AvgIpc) is 2.29. The van der Waals surface area contributed by atoms with Crippen molar-refractivity contribution in [3.63, 3.8) is 0 Å². The van der Waals surface area contributed by atoms with Gasteiger partial charge in [0.15, 0.2) is 11.6 Å². The number of benzene rings is 1. The van der Waals surface area contributed by atoms with Crippen LogP contribution in [0.3, 0.4) is 0 Å². The number of nitrogens with one attached hydrogen (secondary N) is 1. The lowest BCUT2D eigenvalue weighted by molar-refractivity contribution is 0.195. The molecule has 0 amide bonds. The van der Waals surface area contributed by atoms with Crippen LogP contribution in [0.25, 0.3) is 0 Å². The van der Waals surface area contributed by atoms with Gasteiger partial charge in [-0.05, 0) is 59.2 Å². The summed E-state index contributed by atoms with van der Waals surface area (Å²) < 4.78 is 31.8. The first-order valence-corrected chi connectivity index (χ1v) is 6.65. The van der Waals surface area contributed by atoms with Gasteiger partial charge in [-0.25, -0.2) is 4.39 Å². The van der Waals surface area contributed by atoms with Crippen molar-refractivity contribution in [2.45, 2.75) is 52.2 Å². The van der Waals surface area contributed by atoms with Crippen LogP contribution in [0.4, 0.5) is 8.78 Å². The molecule has 0 aliphatic heterocycles. The van der Waals surface area contributed by atoms with Gasteiger partial charge in [0.25, 0.3) is 0 Å². The highest BCUT2D eigenvalue weighted by Crippen LogP contribution is 2.21. The summed E-state index contributed by atoms with van der Waals surface area (Å²) in [6, 6.07) is 3.98. The zero-order chi connectivity index (χ0) is 14.5. The first kappa shape index (κ1) is 15.9. The molecule has 0 spiro atoms. The van der Waals surface area contributed by atoms with E-state index >= 15 is 0 Å². The zero-order valence-electron chi connectivity index (χ0n) is 12.1. The average molecular weight is 271 g/mol. The summed E-state index contributed by atoms with van der Waals surface area (Å²) >= 11 is 0. The third kappa shape index (κ3) is 6.01. The van der Waals surface area contributed by atoms with Crippen LogP contribution < -0.4 is 10.1 Å². The van der Waals surface area contributed by atoms with Gasteiger partial charge < -0.3 is 10.1 Å². The maximum absolute atomic E-state index is 13.4. The van der Waals surface area contributed by atoms with E-state index in [1.807, 2.05) is 6.92 Å². The Bertz CT molecular complexity index is 402. The fourth-order valence-corrected chi connectivity index (χ4v) is 1.70. The molecule has 0 aliphatic carbocycles. The first-order valence-electron chi connectivity index (χ1n) is 6.65. The third-order valence-corrected chi connectivity index (χ3v) is 2.69. The predicted octanol–water partition coefficient (Wildman–Crippen LogP) is 3.90. The first-order chi connectivity index (χ1) is 8.79. The second-order valence-electron chi connectivity index (χ2n) is 5.80. The molecule has 0 aliphatic rings. The Morgan fingerprint density at radius 2 is 1.95 bits per heavy atom. The second kappa shape index (κ2) is 6.85. The van der Waals surface area contributed by atoms with E-state index in [1.54, 1.807) is 0 Å². The monoisotopic (exact) mass is 271 g/mol. The van der Waals surface area contributed by atoms with Crippen molar-refractivity contribution in [3.05, 3.63) is 29.8 Å². The van der Waals surface area contributed by atoms with Crippen molar-refractivity contribution in [3.8, 4) is 5.75 Å². The highest BCUT2D eigenvalue weighted by molar-refractivity contribution is 5.25. The summed E-state index contributed by atoms with van der Waals surface area (Å²) in [5, 5.41) is 3.37. The number of ether oxygens (including phenoxy) is 1. The van der Waals surface area contributed by atoms with Crippen LogP contribution in [0, 0.1) is 11.6 Å². The topological polar surface area (TPSA) is 21.3 Å². The van der Waals surface area contributed by atoms with Gasteiger partial charge >= 0.3 is 0 Å². The van der Waals surface area contributed by atoms with Gasteiger partial charge in [-0.2, -0.15) is 4.39 Å². The largest absolute Gasteiger partial charge is 0.488 e. The van der Waals surface area contributed by atoms with Gasteiger partial charge in [-0.15, -0.1) is 0 Å². The van der Waals surface area contributed by atoms with E-state index in [2.05, 4.69) is 26.1 Å². The van der Waals surface area contributed by atoms with Crippen LogP contribution in [0.1, 0.15) is 40.5 Å². The molecule has 4 heteroatoms. The number of hydrogen-bond acceptors (Lipinski definition) is 2. The fourth-order valence-electron chi connectivity index (χ4n) is 1.70. The molecule has 108 valence electrons. The Kier molecular flexibility index (Phi) is 5.73. The van der Waals surface area contributed by atoms with Crippen molar-refractivity contribution in [1.29, 1.82) is 0 Å². The van der Waals surface area contributed by atoms with E-state index in [1.165, 1.54) is 12.1 Å². The molecule has 0 aromatic heterocycles. The lowest BCUT2D eigenvalue weighted by Gasteiger charge is -2.21. The van der Waals surface area contributed by atoms with E-state index in [4.69, 9.17) is 4.74 Å². The molecule has 2 nitrogen and oxygen atoms in total. The summed E-state index contributed by atoms with van der Waals surface area (Å²) in [7, 11) is 0. The predicted molar refractivity (Wildman–Crippen MR) is 73.4 cm³/mol. The van der Waals surface area contributed by atoms with Gasteiger partial charge in [0.1, 0.15) is 0 Å². The molecule has 0 saturated heterocycles. The quantitative estimate of drug-likeness (QED) is 0.792. The molecular formula is C15H23F2NO. The Morgan fingerprint density at radius 1 is 1.26 bits per heavy atom. The van der Waals surface area contributed by atoms with E-state index < -0.39 is 11.6 Å². The smallest absolute Gasteiger partial charge is 0.200 e. The Balaban J connectivity index is 2.35. The molecule has 0 bridgehead atoms. The van der Waals surface area contributed by atoms with Crippen molar-refractivity contribution in [2.75, 3.05) is 6.54 Å². The molecule has 0 heterocycles. The molecule has 0 saturated carbocycles. The van der Waals surface area contributed by atoms with Gasteiger partial charge in [0.2, 0.25) is 5.82 Å². The molecule has 1 atom stereocenters. The summed E-state index contributed by atoms with van der Waals surface area (Å²) in [5.74, 6) is -1.81. The molecule has 1 aromatic carbocycles. The lowest BCUT2D eigenvalue weighted by Crippen LogP contribution is -2.36. The normalized spacial score (nSPS) is 13.4. The second-order valence-corrected chi connectivity index (χ2v) is 5.80. The van der Waals surface area contributed by atoms with Crippen LogP contribution >= 0.6 is 0 Å². The number of halogens is 2. The van der Waals surface area contributed by atoms with Crippen LogP contribution in [-0.2, 0) is 0 Å². The van der Waals surface area contributed by atoms with Crippen molar-refractivity contribution in [1.82, 2.24) is 5.32 Å². The minimum absolute atomic E-state index is 0.0173. The Hall–Kier alpha value is -1.16. The molecular weight excluding hydrogens is 248 g/mol. The summed E-state index contributed by atoms with van der Waals surface area (Å²) in [6.45, 7) is 9.06. The van der Waals surface area contributed by atoms with Gasteiger partial charge in [-0.3, -0.25) is 0 Å². The summed E-state index contributed by atoms with van der Waals surface area (Å²) in [4.78, 5) is 0. The molecule has 1 aromatic rings. The van der Waals surface area contributed by atoms with Crippen molar-refractivity contribution < 1.29 is 13.5 Å². The SMILES string of the molecule is CC(CCCNC(C)(C)C)Oc1cccc(F)c1F. The van der Waals surface area contributed by atoms with Crippen LogP contribution in [-0.4, -0.2) is 18.2 Å². The molecule has 1 rings (SSSR count). The molecule has 1 unspecified atom stereocenters.